The van der Waals surface area contributed by atoms with Crippen LogP contribution in [0.25, 0.3) is 0 Å². The maximum atomic E-state index is 11.7. The van der Waals surface area contributed by atoms with Crippen LogP contribution in [-0.2, 0) is 7.05 Å². The Hall–Kier alpha value is -1.07. The molecule has 1 aliphatic heterocycles. The van der Waals surface area contributed by atoms with E-state index in [-0.39, 0.29) is 16.0 Å². The summed E-state index contributed by atoms with van der Waals surface area (Å²) in [6.07, 6.45) is 3.90. The van der Waals surface area contributed by atoms with E-state index in [9.17, 15) is 4.79 Å². The highest BCUT2D eigenvalue weighted by Crippen LogP contribution is 2.31. The van der Waals surface area contributed by atoms with Gasteiger partial charge in [-0.25, -0.2) is 4.68 Å². The number of likely N-dealkylation sites (tertiary alicyclic amines) is 1. The second kappa shape index (κ2) is 5.51. The van der Waals surface area contributed by atoms with Gasteiger partial charge in [-0.05, 0) is 38.4 Å². The van der Waals surface area contributed by atoms with Crippen molar-refractivity contribution in [3.63, 3.8) is 0 Å². The Bertz CT molecular complexity index is 506. The molecule has 2 rings (SSSR count). The summed E-state index contributed by atoms with van der Waals surface area (Å²) in [5.41, 5.74) is 0.613. The van der Waals surface area contributed by atoms with Gasteiger partial charge < -0.3 is 10.2 Å². The van der Waals surface area contributed by atoms with Crippen molar-refractivity contribution >= 4 is 17.3 Å². The lowest BCUT2D eigenvalue weighted by molar-refractivity contribution is 0.150. The van der Waals surface area contributed by atoms with Crippen molar-refractivity contribution in [1.82, 2.24) is 14.7 Å². The molecule has 0 aliphatic carbocycles. The molecule has 6 heteroatoms. The number of aryl methyl sites for hydroxylation is 1. The summed E-state index contributed by atoms with van der Waals surface area (Å²) in [5, 5.41) is 7.48. The Morgan fingerprint density at radius 3 is 2.68 bits per heavy atom. The smallest absolute Gasteiger partial charge is 0.287 e. The maximum Gasteiger partial charge on any atom is 0.287 e. The van der Waals surface area contributed by atoms with Crippen molar-refractivity contribution in [2.75, 3.05) is 32.0 Å². The largest absolute Gasteiger partial charge is 0.382 e. The fourth-order valence-corrected chi connectivity index (χ4v) is 2.52. The fourth-order valence-electron chi connectivity index (χ4n) is 2.28. The Kier molecular flexibility index (Phi) is 4.16. The number of hydrogen-bond acceptors (Lipinski definition) is 4. The summed E-state index contributed by atoms with van der Waals surface area (Å²) in [7, 11) is 3.74. The molecule has 2 heterocycles. The molecule has 0 amide bonds. The Labute approximate surface area is 118 Å². The number of anilines is 1. The quantitative estimate of drug-likeness (QED) is 0.916. The molecule has 1 saturated heterocycles. The van der Waals surface area contributed by atoms with E-state index in [1.54, 1.807) is 13.2 Å². The molecule has 0 bridgehead atoms. The van der Waals surface area contributed by atoms with Crippen molar-refractivity contribution in [2.24, 2.45) is 12.5 Å². The summed E-state index contributed by atoms with van der Waals surface area (Å²) in [6, 6.07) is 0. The molecule has 1 aliphatic rings. The number of aromatic nitrogens is 2. The van der Waals surface area contributed by atoms with Crippen LogP contribution < -0.4 is 10.9 Å². The van der Waals surface area contributed by atoms with Gasteiger partial charge in [0.2, 0.25) is 0 Å². The van der Waals surface area contributed by atoms with Gasteiger partial charge in [0.25, 0.3) is 5.56 Å². The van der Waals surface area contributed by atoms with Gasteiger partial charge in [-0.15, -0.1) is 0 Å². The standard InChI is InChI=1S/C13H21ClN4O/c1-13(4-6-17(2)7-5-13)9-15-10-8-16-18(3)12(19)11(10)14/h8,15H,4-7,9H2,1-3H3. The lowest BCUT2D eigenvalue weighted by Gasteiger charge is -2.38. The Morgan fingerprint density at radius 2 is 2.05 bits per heavy atom. The third kappa shape index (κ3) is 3.28. The zero-order valence-corrected chi connectivity index (χ0v) is 12.5. The first kappa shape index (κ1) is 14.3. The molecule has 0 unspecified atom stereocenters. The summed E-state index contributed by atoms with van der Waals surface area (Å²) in [4.78, 5) is 14.0. The Morgan fingerprint density at radius 1 is 1.42 bits per heavy atom. The number of nitrogens with one attached hydrogen (secondary N) is 1. The SMILES string of the molecule is CN1CCC(C)(CNc2cnn(C)c(=O)c2Cl)CC1. The van der Waals surface area contributed by atoms with E-state index in [1.807, 2.05) is 0 Å². The van der Waals surface area contributed by atoms with E-state index in [0.717, 1.165) is 32.5 Å². The molecule has 1 aromatic heterocycles. The van der Waals surface area contributed by atoms with E-state index in [2.05, 4.69) is 29.3 Å². The molecule has 106 valence electrons. The molecule has 0 radical (unpaired) electrons. The summed E-state index contributed by atoms with van der Waals surface area (Å²) < 4.78 is 1.24. The molecular weight excluding hydrogens is 264 g/mol. The molecule has 1 N–H and O–H groups in total. The van der Waals surface area contributed by atoms with Crippen LogP contribution in [-0.4, -0.2) is 41.4 Å². The van der Waals surface area contributed by atoms with E-state index < -0.39 is 0 Å². The molecule has 19 heavy (non-hydrogen) atoms. The minimum Gasteiger partial charge on any atom is -0.382 e. The number of halogens is 1. The predicted octanol–water partition coefficient (Wildman–Crippen LogP) is 1.58. The number of nitrogens with zero attached hydrogens (tertiary/aromatic N) is 3. The van der Waals surface area contributed by atoms with Crippen LogP contribution >= 0.6 is 11.6 Å². The van der Waals surface area contributed by atoms with Crippen LogP contribution in [0, 0.1) is 5.41 Å². The van der Waals surface area contributed by atoms with Crippen LogP contribution in [0.1, 0.15) is 19.8 Å². The maximum absolute atomic E-state index is 11.7. The highest BCUT2D eigenvalue weighted by atomic mass is 35.5. The average Bonchev–Trinajstić information content (AvgIpc) is 2.39. The molecule has 5 nitrogen and oxygen atoms in total. The number of rotatable bonds is 3. The first-order valence-corrected chi connectivity index (χ1v) is 6.93. The van der Waals surface area contributed by atoms with Crippen molar-refractivity contribution in [3.05, 3.63) is 21.6 Å². The van der Waals surface area contributed by atoms with Gasteiger partial charge in [-0.1, -0.05) is 18.5 Å². The molecular formula is C13H21ClN4O. The average molecular weight is 285 g/mol. The van der Waals surface area contributed by atoms with Crippen molar-refractivity contribution in [3.8, 4) is 0 Å². The minimum absolute atomic E-state index is 0.217. The monoisotopic (exact) mass is 284 g/mol. The fraction of sp³-hybridized carbons (Fsp3) is 0.692. The van der Waals surface area contributed by atoms with E-state index in [0.29, 0.717) is 5.69 Å². The molecule has 0 saturated carbocycles. The third-order valence-corrected chi connectivity index (χ3v) is 4.34. The number of piperidine rings is 1. The van der Waals surface area contributed by atoms with Gasteiger partial charge in [-0.3, -0.25) is 4.79 Å². The normalized spacial score (nSPS) is 19.4. The van der Waals surface area contributed by atoms with Crippen LogP contribution in [0.3, 0.4) is 0 Å². The highest BCUT2D eigenvalue weighted by Gasteiger charge is 2.28. The van der Waals surface area contributed by atoms with Gasteiger partial charge in [0, 0.05) is 13.6 Å². The van der Waals surface area contributed by atoms with Gasteiger partial charge in [-0.2, -0.15) is 5.10 Å². The van der Waals surface area contributed by atoms with Crippen LogP contribution in [0.4, 0.5) is 5.69 Å². The highest BCUT2D eigenvalue weighted by molar-refractivity contribution is 6.32. The van der Waals surface area contributed by atoms with Gasteiger partial charge in [0.05, 0.1) is 11.9 Å². The lowest BCUT2D eigenvalue weighted by Crippen LogP contribution is -2.40. The van der Waals surface area contributed by atoms with Gasteiger partial charge >= 0.3 is 0 Å². The van der Waals surface area contributed by atoms with Gasteiger partial charge in [0.1, 0.15) is 5.02 Å². The molecule has 0 spiro atoms. The lowest BCUT2D eigenvalue weighted by atomic mass is 9.80. The van der Waals surface area contributed by atoms with E-state index >= 15 is 0 Å². The second-order valence-electron chi connectivity index (χ2n) is 5.77. The van der Waals surface area contributed by atoms with Crippen LogP contribution in [0.5, 0.6) is 0 Å². The van der Waals surface area contributed by atoms with Crippen molar-refractivity contribution in [2.45, 2.75) is 19.8 Å². The van der Waals surface area contributed by atoms with Crippen molar-refractivity contribution in [1.29, 1.82) is 0 Å². The first-order valence-electron chi connectivity index (χ1n) is 6.55. The summed E-state index contributed by atoms with van der Waals surface area (Å²) in [5.74, 6) is 0. The number of hydrogen-bond donors (Lipinski definition) is 1. The Balaban J connectivity index is 2.03. The van der Waals surface area contributed by atoms with E-state index in [1.165, 1.54) is 4.68 Å². The van der Waals surface area contributed by atoms with E-state index in [4.69, 9.17) is 11.6 Å². The molecule has 1 fully saturated rings. The molecule has 0 aromatic carbocycles. The van der Waals surface area contributed by atoms with Crippen LogP contribution in [0.15, 0.2) is 11.0 Å². The minimum atomic E-state index is -0.264. The second-order valence-corrected chi connectivity index (χ2v) is 6.15. The van der Waals surface area contributed by atoms with Crippen LogP contribution in [0.2, 0.25) is 5.02 Å². The summed E-state index contributed by atoms with van der Waals surface area (Å²) in [6.45, 7) is 5.31. The molecule has 0 atom stereocenters. The van der Waals surface area contributed by atoms with Gasteiger partial charge in [0.15, 0.2) is 0 Å². The zero-order chi connectivity index (χ0) is 14.0. The molecule has 1 aromatic rings. The zero-order valence-electron chi connectivity index (χ0n) is 11.7. The summed E-state index contributed by atoms with van der Waals surface area (Å²) >= 11 is 6.04. The predicted molar refractivity (Wildman–Crippen MR) is 77.8 cm³/mol. The van der Waals surface area contributed by atoms with Crippen molar-refractivity contribution < 1.29 is 0 Å². The third-order valence-electron chi connectivity index (χ3n) is 3.98. The first-order chi connectivity index (χ1) is 8.91. The topological polar surface area (TPSA) is 50.2 Å².